The number of fused-ring (bicyclic) bond motifs is 2. The highest BCUT2D eigenvalue weighted by atomic mass is 16.3. The highest BCUT2D eigenvalue weighted by molar-refractivity contribution is 5.25. The van der Waals surface area contributed by atoms with Crippen LogP contribution in [0, 0.1) is 17.8 Å². The van der Waals surface area contributed by atoms with Gasteiger partial charge in [-0.15, -0.1) is 0 Å². The molecule has 64 valence electrons. The molecule has 0 aliphatic heterocycles. The highest BCUT2D eigenvalue weighted by Crippen LogP contribution is 2.36. The standard InChI is InChI=1S/C11H14O/c1-8(12)11-9-4-2-3-5-10(11)7-6-9/h2-12H,1H3/t8?,9-,10+,11?. The summed E-state index contributed by atoms with van der Waals surface area (Å²) in [6.45, 7) is 1.88. The van der Waals surface area contributed by atoms with E-state index in [-0.39, 0.29) is 6.10 Å². The van der Waals surface area contributed by atoms with Gasteiger partial charge < -0.3 is 5.11 Å². The quantitative estimate of drug-likeness (QED) is 0.584. The first kappa shape index (κ1) is 7.81. The van der Waals surface area contributed by atoms with Gasteiger partial charge in [-0.05, 0) is 6.92 Å². The van der Waals surface area contributed by atoms with Crippen molar-refractivity contribution in [3.63, 3.8) is 0 Å². The number of hydrogen-bond donors (Lipinski definition) is 1. The number of hydrogen-bond acceptors (Lipinski definition) is 1. The topological polar surface area (TPSA) is 20.2 Å². The van der Waals surface area contributed by atoms with Gasteiger partial charge in [-0.1, -0.05) is 36.5 Å². The summed E-state index contributed by atoms with van der Waals surface area (Å²) in [5, 5.41) is 9.58. The van der Waals surface area contributed by atoms with Crippen molar-refractivity contribution in [1.82, 2.24) is 0 Å². The Bertz CT molecular complexity index is 226. The van der Waals surface area contributed by atoms with Crippen molar-refractivity contribution in [2.75, 3.05) is 0 Å². The summed E-state index contributed by atoms with van der Waals surface area (Å²) in [6, 6.07) is 0. The Hall–Kier alpha value is -0.820. The molecule has 0 radical (unpaired) electrons. The van der Waals surface area contributed by atoms with Crippen LogP contribution in [0.4, 0.5) is 0 Å². The minimum absolute atomic E-state index is 0.220. The minimum atomic E-state index is -0.220. The van der Waals surface area contributed by atoms with E-state index in [1.807, 2.05) is 6.92 Å². The van der Waals surface area contributed by atoms with Crippen LogP contribution < -0.4 is 0 Å². The van der Waals surface area contributed by atoms with Crippen LogP contribution in [0.15, 0.2) is 36.5 Å². The van der Waals surface area contributed by atoms with Gasteiger partial charge in [0, 0.05) is 17.8 Å². The largest absolute Gasteiger partial charge is 0.393 e. The second kappa shape index (κ2) is 2.91. The molecule has 12 heavy (non-hydrogen) atoms. The molecule has 0 saturated carbocycles. The second-order valence-corrected chi connectivity index (χ2v) is 3.63. The van der Waals surface area contributed by atoms with Crippen LogP contribution in [0.1, 0.15) is 6.92 Å². The summed E-state index contributed by atoms with van der Waals surface area (Å²) in [5.41, 5.74) is 0. The van der Waals surface area contributed by atoms with Crippen LogP contribution in [0.25, 0.3) is 0 Å². The van der Waals surface area contributed by atoms with Crippen molar-refractivity contribution < 1.29 is 5.11 Å². The lowest BCUT2D eigenvalue weighted by Gasteiger charge is -2.23. The van der Waals surface area contributed by atoms with Crippen molar-refractivity contribution in [3.8, 4) is 0 Å². The van der Waals surface area contributed by atoms with Gasteiger partial charge in [0.25, 0.3) is 0 Å². The van der Waals surface area contributed by atoms with Gasteiger partial charge in [-0.2, -0.15) is 0 Å². The lowest BCUT2D eigenvalue weighted by atomic mass is 9.85. The summed E-state index contributed by atoms with van der Waals surface area (Å²) in [7, 11) is 0. The zero-order valence-corrected chi connectivity index (χ0v) is 7.22. The monoisotopic (exact) mass is 162 g/mol. The summed E-state index contributed by atoms with van der Waals surface area (Å²) in [5.74, 6) is 1.23. The van der Waals surface area contributed by atoms with E-state index in [0.717, 1.165) is 0 Å². The molecule has 2 aliphatic rings. The molecule has 0 spiro atoms. The van der Waals surface area contributed by atoms with Crippen LogP contribution in [-0.2, 0) is 0 Å². The molecule has 0 aromatic heterocycles. The Morgan fingerprint density at radius 3 is 1.92 bits per heavy atom. The lowest BCUT2D eigenvalue weighted by molar-refractivity contribution is 0.103. The number of aliphatic hydroxyl groups is 1. The maximum Gasteiger partial charge on any atom is 0.0557 e. The van der Waals surface area contributed by atoms with Crippen molar-refractivity contribution in [2.24, 2.45) is 17.8 Å². The maximum atomic E-state index is 9.58. The predicted molar refractivity (Wildman–Crippen MR) is 49.6 cm³/mol. The Balaban J connectivity index is 2.28. The van der Waals surface area contributed by atoms with Crippen LogP contribution in [0.5, 0.6) is 0 Å². The van der Waals surface area contributed by atoms with Gasteiger partial charge in [0.1, 0.15) is 0 Å². The molecule has 1 nitrogen and oxygen atoms in total. The van der Waals surface area contributed by atoms with Gasteiger partial charge in [0.2, 0.25) is 0 Å². The number of aliphatic hydroxyl groups excluding tert-OH is 1. The minimum Gasteiger partial charge on any atom is -0.393 e. The van der Waals surface area contributed by atoms with Gasteiger partial charge in [-0.25, -0.2) is 0 Å². The van der Waals surface area contributed by atoms with E-state index in [4.69, 9.17) is 0 Å². The van der Waals surface area contributed by atoms with E-state index in [2.05, 4.69) is 36.5 Å². The van der Waals surface area contributed by atoms with Crippen LogP contribution in [0.3, 0.4) is 0 Å². The Labute approximate surface area is 73.1 Å². The van der Waals surface area contributed by atoms with E-state index >= 15 is 0 Å². The Kier molecular flexibility index (Phi) is 1.89. The zero-order valence-electron chi connectivity index (χ0n) is 7.22. The highest BCUT2D eigenvalue weighted by Gasteiger charge is 2.32. The first-order valence-electron chi connectivity index (χ1n) is 4.50. The van der Waals surface area contributed by atoms with E-state index in [9.17, 15) is 5.11 Å². The van der Waals surface area contributed by atoms with Crippen molar-refractivity contribution in [3.05, 3.63) is 36.5 Å². The molecule has 1 heteroatoms. The van der Waals surface area contributed by atoms with Crippen molar-refractivity contribution in [1.29, 1.82) is 0 Å². The third kappa shape index (κ3) is 1.14. The molecule has 0 amide bonds. The predicted octanol–water partition coefficient (Wildman–Crippen LogP) is 1.91. The van der Waals surface area contributed by atoms with Crippen LogP contribution in [-0.4, -0.2) is 11.2 Å². The lowest BCUT2D eigenvalue weighted by Crippen LogP contribution is -2.25. The third-order valence-electron chi connectivity index (χ3n) is 2.78. The van der Waals surface area contributed by atoms with Crippen LogP contribution >= 0.6 is 0 Å². The first-order valence-corrected chi connectivity index (χ1v) is 4.50. The molecule has 0 aromatic carbocycles. The average molecular weight is 162 g/mol. The van der Waals surface area contributed by atoms with Gasteiger partial charge in [0.05, 0.1) is 6.10 Å². The molecule has 2 unspecified atom stereocenters. The Morgan fingerprint density at radius 2 is 1.50 bits per heavy atom. The molecule has 2 rings (SSSR count). The fourth-order valence-corrected chi connectivity index (χ4v) is 2.18. The molecule has 0 saturated heterocycles. The van der Waals surface area contributed by atoms with E-state index in [1.165, 1.54) is 0 Å². The summed E-state index contributed by atoms with van der Waals surface area (Å²) >= 11 is 0. The molecule has 0 fully saturated rings. The molecule has 2 bridgehead atoms. The summed E-state index contributed by atoms with van der Waals surface area (Å²) in [6.07, 6.45) is 12.6. The molecule has 0 heterocycles. The fourth-order valence-electron chi connectivity index (χ4n) is 2.18. The molecular weight excluding hydrogens is 148 g/mol. The van der Waals surface area contributed by atoms with E-state index in [0.29, 0.717) is 17.8 Å². The normalized spacial score (nSPS) is 40.0. The maximum absolute atomic E-state index is 9.58. The van der Waals surface area contributed by atoms with Gasteiger partial charge in [-0.3, -0.25) is 0 Å². The first-order chi connectivity index (χ1) is 5.79. The summed E-state index contributed by atoms with van der Waals surface area (Å²) < 4.78 is 0. The molecule has 2 aliphatic carbocycles. The molecule has 4 atom stereocenters. The third-order valence-corrected chi connectivity index (χ3v) is 2.78. The van der Waals surface area contributed by atoms with E-state index < -0.39 is 0 Å². The van der Waals surface area contributed by atoms with Crippen molar-refractivity contribution in [2.45, 2.75) is 13.0 Å². The SMILES string of the molecule is CC(O)C1[C@@H]2C=CC=C[C@H]1C=C2. The second-order valence-electron chi connectivity index (χ2n) is 3.63. The van der Waals surface area contributed by atoms with Crippen molar-refractivity contribution >= 4 is 0 Å². The smallest absolute Gasteiger partial charge is 0.0557 e. The zero-order chi connectivity index (χ0) is 8.55. The summed E-state index contributed by atoms with van der Waals surface area (Å²) in [4.78, 5) is 0. The number of rotatable bonds is 1. The number of allylic oxidation sites excluding steroid dienone is 6. The molecule has 0 aromatic rings. The molecular formula is C11H14O. The fraction of sp³-hybridized carbons (Fsp3) is 0.455. The van der Waals surface area contributed by atoms with E-state index in [1.54, 1.807) is 0 Å². The van der Waals surface area contributed by atoms with Gasteiger partial charge >= 0.3 is 0 Å². The Morgan fingerprint density at radius 1 is 1.00 bits per heavy atom. The van der Waals surface area contributed by atoms with Gasteiger partial charge in [0.15, 0.2) is 0 Å². The van der Waals surface area contributed by atoms with Crippen LogP contribution in [0.2, 0.25) is 0 Å². The average Bonchev–Trinajstić information content (AvgIpc) is 2.24. The molecule has 1 N–H and O–H groups in total.